The zero-order valence-electron chi connectivity index (χ0n) is 16.1. The number of benzene rings is 1. The van der Waals surface area contributed by atoms with Crippen molar-refractivity contribution in [1.82, 2.24) is 30.0 Å². The summed E-state index contributed by atoms with van der Waals surface area (Å²) < 4.78 is 5.68. The van der Waals surface area contributed by atoms with Gasteiger partial charge in [0, 0.05) is 55.4 Å². The topological polar surface area (TPSA) is 80.8 Å². The Bertz CT molecular complexity index is 1120. The summed E-state index contributed by atoms with van der Waals surface area (Å²) in [5.41, 5.74) is 2.94. The molecule has 1 saturated heterocycles. The Morgan fingerprint density at radius 1 is 1.00 bits per heavy atom. The maximum absolute atomic E-state index is 6.17. The molecule has 0 N–H and O–H groups in total. The smallest absolute Gasteiger partial charge is 0.232 e. The maximum Gasteiger partial charge on any atom is 0.232 e. The highest BCUT2D eigenvalue weighted by Gasteiger charge is 2.38. The molecule has 3 aromatic heterocycles. The van der Waals surface area contributed by atoms with Gasteiger partial charge in [0.2, 0.25) is 11.7 Å². The van der Waals surface area contributed by atoms with E-state index in [0.717, 1.165) is 30.2 Å². The molecule has 30 heavy (non-hydrogen) atoms. The van der Waals surface area contributed by atoms with E-state index < -0.39 is 0 Å². The van der Waals surface area contributed by atoms with Crippen LogP contribution in [0.4, 0.5) is 0 Å². The molecule has 0 spiro atoms. The Labute approximate surface area is 178 Å². The summed E-state index contributed by atoms with van der Waals surface area (Å²) in [6.45, 7) is 2.47. The van der Waals surface area contributed by atoms with E-state index in [1.165, 1.54) is 5.56 Å². The monoisotopic (exact) mass is 418 g/mol. The van der Waals surface area contributed by atoms with Crippen LogP contribution in [0.3, 0.4) is 0 Å². The zero-order chi connectivity index (χ0) is 20.3. The molecule has 0 aliphatic carbocycles. The number of hydrogen-bond acceptors (Lipinski definition) is 7. The molecular weight excluding hydrogens is 400 g/mol. The van der Waals surface area contributed by atoms with Crippen molar-refractivity contribution in [2.45, 2.75) is 18.4 Å². The molecule has 0 saturated carbocycles. The minimum absolute atomic E-state index is 0.0614. The lowest BCUT2D eigenvalue weighted by molar-refractivity contribution is 0.309. The van der Waals surface area contributed by atoms with Crippen LogP contribution in [-0.2, 0) is 6.54 Å². The van der Waals surface area contributed by atoms with Gasteiger partial charge in [-0.15, -0.1) is 0 Å². The first-order chi connectivity index (χ1) is 14.8. The van der Waals surface area contributed by atoms with Gasteiger partial charge in [-0.05, 0) is 29.3 Å². The third kappa shape index (κ3) is 3.94. The first kappa shape index (κ1) is 18.8. The number of halogens is 1. The molecule has 4 aromatic rings. The van der Waals surface area contributed by atoms with Crippen LogP contribution in [0.1, 0.15) is 28.9 Å². The summed E-state index contributed by atoms with van der Waals surface area (Å²) in [4.78, 5) is 19.7. The molecule has 1 fully saturated rings. The largest absolute Gasteiger partial charge is 0.339 e. The highest BCUT2D eigenvalue weighted by molar-refractivity contribution is 6.30. The molecule has 4 heterocycles. The minimum atomic E-state index is 0.0614. The first-order valence-corrected chi connectivity index (χ1v) is 10.1. The van der Waals surface area contributed by atoms with Crippen molar-refractivity contribution in [3.8, 4) is 11.5 Å². The molecular formula is C22H19ClN6O. The maximum atomic E-state index is 6.17. The van der Waals surface area contributed by atoms with Gasteiger partial charge < -0.3 is 4.52 Å². The average molecular weight is 419 g/mol. The highest BCUT2D eigenvalue weighted by Crippen LogP contribution is 2.39. The minimum Gasteiger partial charge on any atom is -0.339 e. The Kier molecular flexibility index (Phi) is 5.21. The molecule has 0 amide bonds. The lowest BCUT2D eigenvalue weighted by atomic mass is 9.90. The number of rotatable bonds is 5. The van der Waals surface area contributed by atoms with E-state index in [1.807, 2.05) is 30.5 Å². The number of aromatic nitrogens is 5. The number of hydrogen-bond donors (Lipinski definition) is 0. The van der Waals surface area contributed by atoms with Crippen LogP contribution >= 0.6 is 11.6 Å². The van der Waals surface area contributed by atoms with Gasteiger partial charge in [0.05, 0.1) is 12.1 Å². The van der Waals surface area contributed by atoms with Gasteiger partial charge in [0.15, 0.2) is 0 Å². The van der Waals surface area contributed by atoms with E-state index in [2.05, 4.69) is 42.1 Å². The Morgan fingerprint density at radius 3 is 2.70 bits per heavy atom. The Balaban J connectivity index is 1.43. The van der Waals surface area contributed by atoms with Crippen LogP contribution in [0.5, 0.6) is 0 Å². The van der Waals surface area contributed by atoms with Gasteiger partial charge in [-0.2, -0.15) is 4.98 Å². The zero-order valence-corrected chi connectivity index (χ0v) is 16.9. The van der Waals surface area contributed by atoms with Gasteiger partial charge in [-0.3, -0.25) is 14.9 Å². The number of nitrogens with zero attached hydrogens (tertiary/aromatic N) is 6. The van der Waals surface area contributed by atoms with Crippen LogP contribution in [0, 0.1) is 0 Å². The standard InChI is InChI=1S/C22H19ClN6O/c23-17-5-1-3-15(9-17)12-29-13-18(16-4-2-6-24-10-16)19(14-29)22-27-21(28-30-22)20-11-25-7-8-26-20/h1-11,18-19H,12-14H2/t18-,19+/m0/s1. The lowest BCUT2D eigenvalue weighted by Crippen LogP contribution is -2.20. The molecule has 1 aliphatic heterocycles. The summed E-state index contributed by atoms with van der Waals surface area (Å²) in [5, 5.41) is 4.89. The Hall–Kier alpha value is -3.16. The summed E-state index contributed by atoms with van der Waals surface area (Å²) in [7, 11) is 0. The van der Waals surface area contributed by atoms with Crippen molar-refractivity contribution in [2.75, 3.05) is 13.1 Å². The predicted octanol–water partition coefficient (Wildman–Crippen LogP) is 3.96. The molecule has 2 atom stereocenters. The highest BCUT2D eigenvalue weighted by atomic mass is 35.5. The van der Waals surface area contributed by atoms with E-state index in [-0.39, 0.29) is 11.8 Å². The van der Waals surface area contributed by atoms with E-state index in [0.29, 0.717) is 17.4 Å². The summed E-state index contributed by atoms with van der Waals surface area (Å²) in [5.74, 6) is 1.33. The van der Waals surface area contributed by atoms with Crippen molar-refractivity contribution in [3.63, 3.8) is 0 Å². The summed E-state index contributed by atoms with van der Waals surface area (Å²) in [6.07, 6.45) is 8.57. The average Bonchev–Trinajstić information content (AvgIpc) is 3.42. The molecule has 1 aromatic carbocycles. The van der Waals surface area contributed by atoms with Crippen molar-refractivity contribution in [1.29, 1.82) is 0 Å². The Morgan fingerprint density at radius 2 is 1.90 bits per heavy atom. The molecule has 1 aliphatic rings. The van der Waals surface area contributed by atoms with Crippen molar-refractivity contribution >= 4 is 11.6 Å². The fraction of sp³-hybridized carbons (Fsp3) is 0.227. The van der Waals surface area contributed by atoms with Crippen LogP contribution in [-0.4, -0.2) is 43.1 Å². The van der Waals surface area contributed by atoms with Crippen LogP contribution in [0.2, 0.25) is 5.02 Å². The van der Waals surface area contributed by atoms with Gasteiger partial charge in [0.25, 0.3) is 0 Å². The SMILES string of the molecule is Clc1cccc(CN2C[C@@H](c3cccnc3)[C@H](c3nc(-c4cnccn4)no3)C2)c1. The van der Waals surface area contributed by atoms with E-state index in [1.54, 1.807) is 24.8 Å². The normalized spacial score (nSPS) is 19.2. The summed E-state index contributed by atoms with van der Waals surface area (Å²) >= 11 is 6.17. The fourth-order valence-electron chi connectivity index (χ4n) is 4.00. The molecule has 0 bridgehead atoms. The van der Waals surface area contributed by atoms with Crippen LogP contribution in [0.15, 0.2) is 71.9 Å². The van der Waals surface area contributed by atoms with Gasteiger partial charge in [-0.25, -0.2) is 4.98 Å². The molecule has 150 valence electrons. The molecule has 5 rings (SSSR count). The van der Waals surface area contributed by atoms with E-state index in [9.17, 15) is 0 Å². The second kappa shape index (κ2) is 8.30. The fourth-order valence-corrected chi connectivity index (χ4v) is 4.21. The van der Waals surface area contributed by atoms with Crippen molar-refractivity contribution in [2.24, 2.45) is 0 Å². The van der Waals surface area contributed by atoms with E-state index in [4.69, 9.17) is 16.1 Å². The van der Waals surface area contributed by atoms with Gasteiger partial charge in [0.1, 0.15) is 5.69 Å². The molecule has 0 unspecified atom stereocenters. The number of pyridine rings is 1. The quantitative estimate of drug-likeness (QED) is 0.485. The molecule has 7 nitrogen and oxygen atoms in total. The molecule has 8 heteroatoms. The first-order valence-electron chi connectivity index (χ1n) is 9.73. The summed E-state index contributed by atoms with van der Waals surface area (Å²) in [6, 6.07) is 12.0. The lowest BCUT2D eigenvalue weighted by Gasteiger charge is -2.16. The van der Waals surface area contributed by atoms with Crippen LogP contribution < -0.4 is 0 Å². The van der Waals surface area contributed by atoms with Crippen molar-refractivity contribution < 1.29 is 4.52 Å². The van der Waals surface area contributed by atoms with Gasteiger partial charge in [-0.1, -0.05) is 35.0 Å². The second-order valence-corrected chi connectivity index (χ2v) is 7.81. The third-order valence-electron chi connectivity index (χ3n) is 5.35. The predicted molar refractivity (Wildman–Crippen MR) is 112 cm³/mol. The van der Waals surface area contributed by atoms with Gasteiger partial charge >= 0.3 is 0 Å². The second-order valence-electron chi connectivity index (χ2n) is 7.37. The third-order valence-corrected chi connectivity index (χ3v) is 5.59. The van der Waals surface area contributed by atoms with E-state index >= 15 is 0 Å². The van der Waals surface area contributed by atoms with Crippen LogP contribution in [0.25, 0.3) is 11.5 Å². The number of likely N-dealkylation sites (tertiary alicyclic amines) is 1. The molecule has 0 radical (unpaired) electrons. The van der Waals surface area contributed by atoms with Crippen molar-refractivity contribution in [3.05, 3.63) is 89.4 Å².